The maximum absolute atomic E-state index is 12.3. The summed E-state index contributed by atoms with van der Waals surface area (Å²) < 4.78 is 0. The van der Waals surface area contributed by atoms with Gasteiger partial charge in [0.25, 0.3) is 5.91 Å². The van der Waals surface area contributed by atoms with Gasteiger partial charge in [-0.2, -0.15) is 0 Å². The van der Waals surface area contributed by atoms with E-state index in [1.807, 2.05) is 19.2 Å². The zero-order chi connectivity index (χ0) is 16.1. The van der Waals surface area contributed by atoms with Crippen molar-refractivity contribution in [2.75, 3.05) is 5.32 Å². The van der Waals surface area contributed by atoms with Crippen LogP contribution in [0, 0.1) is 6.92 Å². The predicted molar refractivity (Wildman–Crippen MR) is 88.0 cm³/mol. The molecule has 2 N–H and O–H groups in total. The molecule has 0 aliphatic carbocycles. The Morgan fingerprint density at radius 1 is 1.41 bits per heavy atom. The van der Waals surface area contributed by atoms with Crippen LogP contribution in [0.4, 0.5) is 5.69 Å². The fourth-order valence-electron chi connectivity index (χ4n) is 1.84. The summed E-state index contributed by atoms with van der Waals surface area (Å²) in [7, 11) is 0. The quantitative estimate of drug-likeness (QED) is 0.833. The monoisotopic (exact) mass is 315 g/mol. The maximum atomic E-state index is 12.3. The van der Waals surface area contributed by atoms with Crippen molar-refractivity contribution in [2.24, 2.45) is 0 Å². The van der Waals surface area contributed by atoms with Gasteiger partial charge in [-0.15, -0.1) is 11.3 Å². The molecule has 1 unspecified atom stereocenters. The van der Waals surface area contributed by atoms with E-state index in [-0.39, 0.29) is 17.9 Å². The number of carbonyl (C=O) groups excluding carboxylic acids is 2. The van der Waals surface area contributed by atoms with Gasteiger partial charge >= 0.3 is 0 Å². The smallest absolute Gasteiger partial charge is 0.251 e. The second kappa shape index (κ2) is 7.00. The van der Waals surface area contributed by atoms with Gasteiger partial charge < -0.3 is 10.6 Å². The van der Waals surface area contributed by atoms with E-state index < -0.39 is 0 Å². The number of thiazole rings is 1. The molecule has 0 saturated carbocycles. The standard InChI is InChI=1S/C16H17N3O2S/c1-4-14(20)19-13-7-5-6-12(8-13)15(21)18-11(3)16-17-10(2)9-22-16/h4-9,11H,1H2,2-3H3,(H,18,21)(H,19,20). The van der Waals surface area contributed by atoms with Crippen molar-refractivity contribution in [3.63, 3.8) is 0 Å². The molecule has 0 aliphatic heterocycles. The SMILES string of the molecule is C=CC(=O)Nc1cccc(C(=O)NC(C)c2nc(C)cs2)c1. The average Bonchev–Trinajstić information content (AvgIpc) is 2.94. The lowest BCUT2D eigenvalue weighted by molar-refractivity contribution is -0.111. The first-order valence-corrected chi connectivity index (χ1v) is 7.64. The molecule has 0 saturated heterocycles. The van der Waals surface area contributed by atoms with Gasteiger partial charge in [-0.05, 0) is 38.1 Å². The van der Waals surface area contributed by atoms with Crippen LogP contribution < -0.4 is 10.6 Å². The molecule has 1 aromatic heterocycles. The average molecular weight is 315 g/mol. The molecule has 2 aromatic rings. The normalized spacial score (nSPS) is 11.5. The molecular formula is C16H17N3O2S. The van der Waals surface area contributed by atoms with Gasteiger partial charge in [0.05, 0.1) is 6.04 Å². The third-order valence-electron chi connectivity index (χ3n) is 2.93. The Kier molecular flexibility index (Phi) is 5.06. The Bertz CT molecular complexity index is 709. The number of amides is 2. The Hall–Kier alpha value is -2.47. The number of aromatic nitrogens is 1. The first kappa shape index (κ1) is 15.9. The molecular weight excluding hydrogens is 298 g/mol. The fourth-order valence-corrected chi connectivity index (χ4v) is 2.65. The van der Waals surface area contributed by atoms with Crippen molar-refractivity contribution < 1.29 is 9.59 Å². The highest BCUT2D eigenvalue weighted by Crippen LogP contribution is 2.18. The summed E-state index contributed by atoms with van der Waals surface area (Å²) >= 11 is 1.52. The van der Waals surface area contributed by atoms with Crippen LogP contribution in [-0.4, -0.2) is 16.8 Å². The summed E-state index contributed by atoms with van der Waals surface area (Å²) in [6.45, 7) is 7.20. The number of aryl methyl sites for hydroxylation is 1. The number of hydrogen-bond acceptors (Lipinski definition) is 4. The van der Waals surface area contributed by atoms with Gasteiger partial charge in [-0.3, -0.25) is 9.59 Å². The Labute approximate surface area is 133 Å². The van der Waals surface area contributed by atoms with Gasteiger partial charge in [0, 0.05) is 22.3 Å². The van der Waals surface area contributed by atoms with Crippen molar-refractivity contribution >= 4 is 28.8 Å². The lowest BCUT2D eigenvalue weighted by atomic mass is 10.1. The number of rotatable bonds is 5. The lowest BCUT2D eigenvalue weighted by Crippen LogP contribution is -2.26. The van der Waals surface area contributed by atoms with E-state index in [0.717, 1.165) is 10.7 Å². The largest absolute Gasteiger partial charge is 0.343 e. The summed E-state index contributed by atoms with van der Waals surface area (Å²) in [5.74, 6) is -0.528. The van der Waals surface area contributed by atoms with E-state index in [1.165, 1.54) is 17.4 Å². The summed E-state index contributed by atoms with van der Waals surface area (Å²) in [5, 5.41) is 8.34. The number of benzene rings is 1. The summed E-state index contributed by atoms with van der Waals surface area (Å²) in [6, 6.07) is 6.57. The third-order valence-corrected chi connectivity index (χ3v) is 4.08. The highest BCUT2D eigenvalue weighted by Gasteiger charge is 2.14. The van der Waals surface area contributed by atoms with Gasteiger partial charge in [0.1, 0.15) is 5.01 Å². The second-order valence-electron chi connectivity index (χ2n) is 4.80. The van der Waals surface area contributed by atoms with E-state index in [2.05, 4.69) is 22.2 Å². The minimum atomic E-state index is -0.316. The molecule has 114 valence electrons. The van der Waals surface area contributed by atoms with Crippen molar-refractivity contribution in [3.05, 3.63) is 58.6 Å². The highest BCUT2D eigenvalue weighted by atomic mass is 32.1. The Balaban J connectivity index is 2.07. The molecule has 22 heavy (non-hydrogen) atoms. The Morgan fingerprint density at radius 3 is 2.82 bits per heavy atom. The zero-order valence-electron chi connectivity index (χ0n) is 12.4. The van der Waals surface area contributed by atoms with Crippen LogP contribution in [0.25, 0.3) is 0 Å². The van der Waals surface area contributed by atoms with Crippen LogP contribution in [0.15, 0.2) is 42.3 Å². The number of anilines is 1. The molecule has 0 aliphatic rings. The molecule has 1 atom stereocenters. The third kappa shape index (κ3) is 4.02. The van der Waals surface area contributed by atoms with E-state index in [1.54, 1.807) is 24.3 Å². The molecule has 0 radical (unpaired) electrons. The fraction of sp³-hybridized carbons (Fsp3) is 0.188. The summed E-state index contributed by atoms with van der Waals surface area (Å²) in [6.07, 6.45) is 1.18. The van der Waals surface area contributed by atoms with Crippen LogP contribution >= 0.6 is 11.3 Å². The van der Waals surface area contributed by atoms with Crippen molar-refractivity contribution in [3.8, 4) is 0 Å². The molecule has 0 spiro atoms. The first-order valence-electron chi connectivity index (χ1n) is 6.76. The molecule has 0 bridgehead atoms. The predicted octanol–water partition coefficient (Wildman–Crippen LogP) is 3.07. The summed E-state index contributed by atoms with van der Waals surface area (Å²) in [5.41, 5.74) is 1.97. The van der Waals surface area contributed by atoms with E-state index in [4.69, 9.17) is 0 Å². The molecule has 6 heteroatoms. The topological polar surface area (TPSA) is 71.1 Å². The van der Waals surface area contributed by atoms with Crippen LogP contribution in [-0.2, 0) is 4.79 Å². The molecule has 2 rings (SSSR count). The number of nitrogens with zero attached hydrogens (tertiary/aromatic N) is 1. The molecule has 1 aromatic carbocycles. The molecule has 1 heterocycles. The van der Waals surface area contributed by atoms with Crippen LogP contribution in [0.5, 0.6) is 0 Å². The van der Waals surface area contributed by atoms with Gasteiger partial charge in [-0.1, -0.05) is 12.6 Å². The van der Waals surface area contributed by atoms with Crippen molar-refractivity contribution in [1.29, 1.82) is 0 Å². The first-order chi connectivity index (χ1) is 10.5. The maximum Gasteiger partial charge on any atom is 0.251 e. The number of carbonyl (C=O) groups is 2. The lowest BCUT2D eigenvalue weighted by Gasteiger charge is -2.12. The molecule has 5 nitrogen and oxygen atoms in total. The number of nitrogens with one attached hydrogen (secondary N) is 2. The minimum Gasteiger partial charge on any atom is -0.343 e. The minimum absolute atomic E-state index is 0.169. The second-order valence-corrected chi connectivity index (χ2v) is 5.69. The van der Waals surface area contributed by atoms with Crippen LogP contribution in [0.1, 0.15) is 34.0 Å². The van der Waals surface area contributed by atoms with Crippen LogP contribution in [0.3, 0.4) is 0 Å². The van der Waals surface area contributed by atoms with Gasteiger partial charge in [0.15, 0.2) is 0 Å². The molecule has 0 fully saturated rings. The molecule has 2 amide bonds. The van der Waals surface area contributed by atoms with Crippen molar-refractivity contribution in [1.82, 2.24) is 10.3 Å². The van der Waals surface area contributed by atoms with Crippen LogP contribution in [0.2, 0.25) is 0 Å². The van der Waals surface area contributed by atoms with Gasteiger partial charge in [0.2, 0.25) is 5.91 Å². The van der Waals surface area contributed by atoms with Crippen molar-refractivity contribution in [2.45, 2.75) is 19.9 Å². The zero-order valence-corrected chi connectivity index (χ0v) is 13.2. The highest BCUT2D eigenvalue weighted by molar-refractivity contribution is 7.09. The number of hydrogen-bond donors (Lipinski definition) is 2. The summed E-state index contributed by atoms with van der Waals surface area (Å²) in [4.78, 5) is 27.9. The van der Waals surface area contributed by atoms with E-state index >= 15 is 0 Å². The van der Waals surface area contributed by atoms with E-state index in [0.29, 0.717) is 11.3 Å². The van der Waals surface area contributed by atoms with Gasteiger partial charge in [-0.25, -0.2) is 4.98 Å². The van der Waals surface area contributed by atoms with E-state index in [9.17, 15) is 9.59 Å². The Morgan fingerprint density at radius 2 is 2.18 bits per heavy atom.